The van der Waals surface area contributed by atoms with Crippen LogP contribution in [-0.2, 0) is 11.3 Å². The first-order valence-electron chi connectivity index (χ1n) is 5.98. The topological polar surface area (TPSA) is 46.9 Å². The number of thiazole rings is 1. The SMILES string of the molecule is Cc1cc2ccccc2n1CC(=O)Nc1nccs1. The number of aromatic nitrogens is 2. The number of rotatable bonds is 3. The molecular weight excluding hydrogens is 258 g/mol. The van der Waals surface area contributed by atoms with Crippen LogP contribution in [0.5, 0.6) is 0 Å². The Morgan fingerprint density at radius 2 is 2.26 bits per heavy atom. The zero-order valence-corrected chi connectivity index (χ0v) is 11.3. The molecule has 5 heteroatoms. The van der Waals surface area contributed by atoms with Crippen LogP contribution in [0.15, 0.2) is 41.9 Å². The molecule has 0 spiro atoms. The molecule has 2 heterocycles. The van der Waals surface area contributed by atoms with Gasteiger partial charge in [0.25, 0.3) is 0 Å². The minimum absolute atomic E-state index is 0.0561. The number of fused-ring (bicyclic) bond motifs is 1. The largest absolute Gasteiger partial charge is 0.335 e. The van der Waals surface area contributed by atoms with Gasteiger partial charge >= 0.3 is 0 Å². The van der Waals surface area contributed by atoms with Crippen molar-refractivity contribution in [3.05, 3.63) is 47.6 Å². The summed E-state index contributed by atoms with van der Waals surface area (Å²) in [5.41, 5.74) is 2.16. The fraction of sp³-hybridized carbons (Fsp3) is 0.143. The molecule has 96 valence electrons. The molecule has 19 heavy (non-hydrogen) atoms. The number of carbonyl (C=O) groups is 1. The fourth-order valence-electron chi connectivity index (χ4n) is 2.15. The Bertz CT molecular complexity index is 715. The van der Waals surface area contributed by atoms with Gasteiger partial charge in [0.05, 0.1) is 0 Å². The molecule has 4 nitrogen and oxygen atoms in total. The summed E-state index contributed by atoms with van der Waals surface area (Å²) in [4.78, 5) is 16.1. The Morgan fingerprint density at radius 1 is 1.42 bits per heavy atom. The van der Waals surface area contributed by atoms with E-state index in [1.807, 2.05) is 35.1 Å². The van der Waals surface area contributed by atoms with Crippen molar-refractivity contribution in [1.29, 1.82) is 0 Å². The van der Waals surface area contributed by atoms with E-state index in [2.05, 4.69) is 22.4 Å². The van der Waals surface area contributed by atoms with Crippen molar-refractivity contribution < 1.29 is 4.79 Å². The fourth-order valence-corrected chi connectivity index (χ4v) is 2.69. The second-order valence-electron chi connectivity index (χ2n) is 4.32. The van der Waals surface area contributed by atoms with E-state index >= 15 is 0 Å². The van der Waals surface area contributed by atoms with Crippen LogP contribution in [0.25, 0.3) is 10.9 Å². The number of hydrogen-bond donors (Lipinski definition) is 1. The number of carbonyl (C=O) groups excluding carboxylic acids is 1. The molecule has 0 aliphatic heterocycles. The molecule has 3 aromatic rings. The first-order valence-corrected chi connectivity index (χ1v) is 6.86. The zero-order chi connectivity index (χ0) is 13.2. The van der Waals surface area contributed by atoms with E-state index < -0.39 is 0 Å². The van der Waals surface area contributed by atoms with Gasteiger partial charge in [-0.2, -0.15) is 0 Å². The molecule has 1 aromatic carbocycles. The van der Waals surface area contributed by atoms with E-state index in [9.17, 15) is 4.79 Å². The van der Waals surface area contributed by atoms with Crippen LogP contribution in [0.2, 0.25) is 0 Å². The first kappa shape index (κ1) is 11.9. The molecule has 2 aromatic heterocycles. The number of amides is 1. The molecule has 1 amide bonds. The zero-order valence-electron chi connectivity index (χ0n) is 10.5. The molecule has 1 N–H and O–H groups in total. The van der Waals surface area contributed by atoms with Crippen LogP contribution in [0, 0.1) is 6.92 Å². The van der Waals surface area contributed by atoms with Crippen molar-refractivity contribution in [3.8, 4) is 0 Å². The van der Waals surface area contributed by atoms with E-state index in [1.165, 1.54) is 11.3 Å². The van der Waals surface area contributed by atoms with E-state index in [0.717, 1.165) is 16.6 Å². The van der Waals surface area contributed by atoms with Crippen LogP contribution < -0.4 is 5.32 Å². The maximum atomic E-state index is 12.0. The van der Waals surface area contributed by atoms with Crippen LogP contribution in [0.1, 0.15) is 5.69 Å². The van der Waals surface area contributed by atoms with Gasteiger partial charge in [0.15, 0.2) is 5.13 Å². The average Bonchev–Trinajstić information content (AvgIpc) is 2.99. The van der Waals surface area contributed by atoms with Crippen molar-refractivity contribution in [2.75, 3.05) is 5.32 Å². The van der Waals surface area contributed by atoms with Gasteiger partial charge < -0.3 is 9.88 Å². The lowest BCUT2D eigenvalue weighted by molar-refractivity contribution is -0.116. The van der Waals surface area contributed by atoms with Gasteiger partial charge in [-0.1, -0.05) is 18.2 Å². The maximum Gasteiger partial charge on any atom is 0.246 e. The molecule has 0 radical (unpaired) electrons. The highest BCUT2D eigenvalue weighted by Gasteiger charge is 2.10. The van der Waals surface area contributed by atoms with Crippen LogP contribution in [0.3, 0.4) is 0 Å². The quantitative estimate of drug-likeness (QED) is 0.796. The number of para-hydroxylation sites is 1. The van der Waals surface area contributed by atoms with Gasteiger partial charge in [-0.05, 0) is 24.4 Å². The molecule has 0 saturated heterocycles. The predicted molar refractivity (Wildman–Crippen MR) is 77.4 cm³/mol. The Morgan fingerprint density at radius 3 is 3.05 bits per heavy atom. The average molecular weight is 271 g/mol. The van der Waals surface area contributed by atoms with E-state index in [1.54, 1.807) is 6.20 Å². The number of nitrogens with one attached hydrogen (secondary N) is 1. The van der Waals surface area contributed by atoms with E-state index in [-0.39, 0.29) is 5.91 Å². The van der Waals surface area contributed by atoms with Crippen LogP contribution in [0.4, 0.5) is 5.13 Å². The van der Waals surface area contributed by atoms with Gasteiger partial charge in [0, 0.05) is 22.8 Å². The smallest absolute Gasteiger partial charge is 0.246 e. The Labute approximate surface area is 114 Å². The third-order valence-corrected chi connectivity index (χ3v) is 3.69. The van der Waals surface area contributed by atoms with Gasteiger partial charge in [-0.15, -0.1) is 11.3 Å². The lowest BCUT2D eigenvalue weighted by Crippen LogP contribution is -2.19. The minimum atomic E-state index is -0.0561. The van der Waals surface area contributed by atoms with Crippen molar-refractivity contribution >= 4 is 33.3 Å². The highest BCUT2D eigenvalue weighted by Crippen LogP contribution is 2.19. The lowest BCUT2D eigenvalue weighted by atomic mass is 10.2. The summed E-state index contributed by atoms with van der Waals surface area (Å²) in [6.45, 7) is 2.32. The van der Waals surface area contributed by atoms with E-state index in [0.29, 0.717) is 11.7 Å². The van der Waals surface area contributed by atoms with Gasteiger partial charge in [0.1, 0.15) is 6.54 Å². The third-order valence-electron chi connectivity index (χ3n) is 3.00. The summed E-state index contributed by atoms with van der Waals surface area (Å²) in [5.74, 6) is -0.0561. The molecule has 0 atom stereocenters. The normalized spacial score (nSPS) is 10.8. The van der Waals surface area contributed by atoms with Gasteiger partial charge in [0.2, 0.25) is 5.91 Å². The minimum Gasteiger partial charge on any atom is -0.335 e. The van der Waals surface area contributed by atoms with Gasteiger partial charge in [-0.25, -0.2) is 4.98 Å². The van der Waals surface area contributed by atoms with Crippen LogP contribution in [-0.4, -0.2) is 15.5 Å². The number of benzene rings is 1. The lowest BCUT2D eigenvalue weighted by Gasteiger charge is -2.07. The highest BCUT2D eigenvalue weighted by molar-refractivity contribution is 7.13. The second kappa shape index (κ2) is 4.85. The summed E-state index contributed by atoms with van der Waals surface area (Å²) in [6, 6.07) is 10.2. The maximum absolute atomic E-state index is 12.0. The Kier molecular flexibility index (Phi) is 3.05. The molecule has 3 rings (SSSR count). The summed E-state index contributed by atoms with van der Waals surface area (Å²) in [5, 5.41) is 6.43. The number of hydrogen-bond acceptors (Lipinski definition) is 3. The summed E-state index contributed by atoms with van der Waals surface area (Å²) in [7, 11) is 0. The second-order valence-corrected chi connectivity index (χ2v) is 5.21. The highest BCUT2D eigenvalue weighted by atomic mass is 32.1. The molecule has 0 saturated carbocycles. The van der Waals surface area contributed by atoms with Gasteiger partial charge in [-0.3, -0.25) is 4.79 Å². The number of nitrogens with zero attached hydrogens (tertiary/aromatic N) is 2. The summed E-state index contributed by atoms with van der Waals surface area (Å²) in [6.07, 6.45) is 1.68. The van der Waals surface area contributed by atoms with Crippen molar-refractivity contribution in [2.45, 2.75) is 13.5 Å². The Hall–Kier alpha value is -2.14. The van der Waals surface area contributed by atoms with Crippen molar-refractivity contribution in [1.82, 2.24) is 9.55 Å². The summed E-state index contributed by atoms with van der Waals surface area (Å²) >= 11 is 1.42. The third kappa shape index (κ3) is 2.37. The predicted octanol–water partition coefficient (Wildman–Crippen LogP) is 3.04. The number of aryl methyl sites for hydroxylation is 1. The standard InChI is InChI=1S/C14H13N3OS/c1-10-8-11-4-2-3-5-12(11)17(10)9-13(18)16-14-15-6-7-19-14/h2-8H,9H2,1H3,(H,15,16,18). The summed E-state index contributed by atoms with van der Waals surface area (Å²) < 4.78 is 2.01. The molecule has 0 aliphatic rings. The van der Waals surface area contributed by atoms with E-state index in [4.69, 9.17) is 0 Å². The molecular formula is C14H13N3OS. The van der Waals surface area contributed by atoms with Crippen molar-refractivity contribution in [3.63, 3.8) is 0 Å². The monoisotopic (exact) mass is 271 g/mol. The van der Waals surface area contributed by atoms with Crippen molar-refractivity contribution in [2.24, 2.45) is 0 Å². The first-order chi connectivity index (χ1) is 9.24. The van der Waals surface area contributed by atoms with Crippen LogP contribution >= 0.6 is 11.3 Å². The molecule has 0 fully saturated rings. The number of anilines is 1. The Balaban J connectivity index is 1.85. The molecule has 0 unspecified atom stereocenters. The molecule has 0 bridgehead atoms. The molecule has 0 aliphatic carbocycles.